The summed E-state index contributed by atoms with van der Waals surface area (Å²) < 4.78 is 0. The van der Waals surface area contributed by atoms with E-state index in [1.165, 1.54) is 0 Å². The van der Waals surface area contributed by atoms with E-state index in [0.29, 0.717) is 0 Å². The van der Waals surface area contributed by atoms with Gasteiger partial charge in [0, 0.05) is 37.2 Å². The maximum absolute atomic E-state index is 4.29. The van der Waals surface area contributed by atoms with Crippen molar-refractivity contribution < 1.29 is 0 Å². The summed E-state index contributed by atoms with van der Waals surface area (Å²) in [4.78, 5) is 6.53. The molecule has 0 spiro atoms. The highest BCUT2D eigenvalue weighted by molar-refractivity contribution is 7.80. The van der Waals surface area contributed by atoms with Gasteiger partial charge in [-0.25, -0.2) is 0 Å². The summed E-state index contributed by atoms with van der Waals surface area (Å²) in [6.07, 6.45) is 2.82. The van der Waals surface area contributed by atoms with Gasteiger partial charge in [-0.05, 0) is 19.2 Å². The van der Waals surface area contributed by atoms with Gasteiger partial charge >= 0.3 is 0 Å². The van der Waals surface area contributed by atoms with Crippen molar-refractivity contribution in [2.75, 3.05) is 25.9 Å². The van der Waals surface area contributed by atoms with E-state index < -0.39 is 0 Å². The number of hydrogen-bond acceptors (Lipinski definition) is 3. The Kier molecular flexibility index (Phi) is 5.43. The van der Waals surface area contributed by atoms with Crippen molar-refractivity contribution in [1.29, 1.82) is 0 Å². The lowest BCUT2D eigenvalue weighted by Gasteiger charge is -2.16. The Morgan fingerprint density at radius 3 is 2.93 bits per heavy atom. The Bertz CT molecular complexity index is 298. The summed E-state index contributed by atoms with van der Waals surface area (Å²) in [6.45, 7) is 5.85. The molecule has 1 rings (SSSR count). The van der Waals surface area contributed by atoms with E-state index in [0.717, 1.165) is 36.5 Å². The first kappa shape index (κ1) is 12.3. The van der Waals surface area contributed by atoms with Crippen molar-refractivity contribution in [2.45, 2.75) is 6.42 Å². The van der Waals surface area contributed by atoms with Gasteiger partial charge in [0.1, 0.15) is 0 Å². The minimum atomic E-state index is 0.758. The van der Waals surface area contributed by atoms with Gasteiger partial charge in [0.05, 0.1) is 0 Å². The maximum Gasteiger partial charge on any atom is 0.0416 e. The molecule has 0 aliphatic carbocycles. The van der Waals surface area contributed by atoms with Gasteiger partial charge in [-0.15, -0.1) is 0 Å². The Morgan fingerprint density at radius 2 is 2.33 bits per heavy atom. The Morgan fingerprint density at radius 1 is 1.53 bits per heavy atom. The molecule has 0 unspecified atom stereocenters. The lowest BCUT2D eigenvalue weighted by Crippen LogP contribution is -2.24. The molecule has 0 aromatic carbocycles. The van der Waals surface area contributed by atoms with Crippen LogP contribution in [0.3, 0.4) is 0 Å². The van der Waals surface area contributed by atoms with Crippen LogP contribution in [-0.2, 0) is 6.42 Å². The molecule has 0 atom stereocenters. The molecule has 0 saturated heterocycles. The average molecular weight is 222 g/mol. The molecule has 0 bridgehead atoms. The van der Waals surface area contributed by atoms with Crippen LogP contribution in [0.1, 0.15) is 5.69 Å². The number of hydrogen-bond donors (Lipinski definition) is 1. The monoisotopic (exact) mass is 222 g/mol. The van der Waals surface area contributed by atoms with Crippen molar-refractivity contribution >= 4 is 12.6 Å². The zero-order valence-electron chi connectivity index (χ0n) is 9.19. The first-order valence-corrected chi connectivity index (χ1v) is 5.71. The van der Waals surface area contributed by atoms with E-state index in [1.54, 1.807) is 0 Å². The molecule has 0 N–H and O–H groups in total. The fraction of sp³-hybridized carbons (Fsp3) is 0.417. The summed E-state index contributed by atoms with van der Waals surface area (Å²) in [5.41, 5.74) is 2.29. The molecular weight excluding hydrogens is 204 g/mol. The van der Waals surface area contributed by atoms with Gasteiger partial charge in [-0.1, -0.05) is 18.2 Å². The van der Waals surface area contributed by atoms with Crippen LogP contribution in [0.5, 0.6) is 0 Å². The SMILES string of the molecule is C=C(CS)CN(C)CCc1ccccn1. The number of nitrogens with zero attached hydrogens (tertiary/aromatic N) is 2. The molecule has 0 aliphatic heterocycles. The van der Waals surface area contributed by atoms with E-state index in [-0.39, 0.29) is 0 Å². The zero-order chi connectivity index (χ0) is 11.1. The molecular formula is C12H18N2S. The van der Waals surface area contributed by atoms with Gasteiger partial charge in [0.25, 0.3) is 0 Å². The average Bonchev–Trinajstić information content (AvgIpc) is 2.27. The van der Waals surface area contributed by atoms with Gasteiger partial charge in [0.15, 0.2) is 0 Å². The lowest BCUT2D eigenvalue weighted by atomic mass is 10.2. The summed E-state index contributed by atoms with van der Waals surface area (Å²) >= 11 is 4.19. The third-order valence-electron chi connectivity index (χ3n) is 2.19. The summed E-state index contributed by atoms with van der Waals surface area (Å²) in [5.74, 6) is 0.758. The minimum Gasteiger partial charge on any atom is -0.302 e. The Balaban J connectivity index is 2.28. The van der Waals surface area contributed by atoms with Crippen molar-refractivity contribution in [3.63, 3.8) is 0 Å². The molecule has 0 aliphatic rings. The molecule has 1 heterocycles. The first-order valence-electron chi connectivity index (χ1n) is 5.08. The van der Waals surface area contributed by atoms with Crippen molar-refractivity contribution in [3.05, 3.63) is 42.2 Å². The normalized spacial score (nSPS) is 10.6. The van der Waals surface area contributed by atoms with E-state index in [9.17, 15) is 0 Å². The summed E-state index contributed by atoms with van der Waals surface area (Å²) in [7, 11) is 2.09. The third-order valence-corrected chi connectivity index (χ3v) is 2.64. The van der Waals surface area contributed by atoms with Gasteiger partial charge in [-0.2, -0.15) is 12.6 Å². The second-order valence-corrected chi connectivity index (χ2v) is 4.03. The van der Waals surface area contributed by atoms with E-state index in [4.69, 9.17) is 0 Å². The van der Waals surface area contributed by atoms with E-state index in [1.807, 2.05) is 18.3 Å². The highest BCUT2D eigenvalue weighted by Crippen LogP contribution is 2.00. The van der Waals surface area contributed by atoms with E-state index in [2.05, 4.69) is 42.2 Å². The smallest absolute Gasteiger partial charge is 0.0416 e. The maximum atomic E-state index is 4.29. The van der Waals surface area contributed by atoms with Crippen molar-refractivity contribution in [3.8, 4) is 0 Å². The van der Waals surface area contributed by atoms with E-state index >= 15 is 0 Å². The quantitative estimate of drug-likeness (QED) is 0.586. The predicted molar refractivity (Wildman–Crippen MR) is 68.4 cm³/mol. The summed E-state index contributed by atoms with van der Waals surface area (Å²) in [5, 5.41) is 0. The number of likely N-dealkylation sites (N-methyl/N-ethyl adjacent to an activating group) is 1. The molecule has 1 aromatic heterocycles. The fourth-order valence-corrected chi connectivity index (χ4v) is 1.46. The van der Waals surface area contributed by atoms with Crippen LogP contribution in [0.2, 0.25) is 0 Å². The van der Waals surface area contributed by atoms with Crippen molar-refractivity contribution in [2.24, 2.45) is 0 Å². The van der Waals surface area contributed by atoms with Gasteiger partial charge in [-0.3, -0.25) is 4.98 Å². The molecule has 0 fully saturated rings. The third kappa shape index (κ3) is 5.00. The topological polar surface area (TPSA) is 16.1 Å². The summed E-state index contributed by atoms with van der Waals surface area (Å²) in [6, 6.07) is 6.02. The van der Waals surface area contributed by atoms with Crippen LogP contribution in [0, 0.1) is 0 Å². The van der Waals surface area contributed by atoms with Crippen LogP contribution in [0.15, 0.2) is 36.5 Å². The van der Waals surface area contributed by atoms with Crippen molar-refractivity contribution in [1.82, 2.24) is 9.88 Å². The molecule has 3 heteroatoms. The number of thiol groups is 1. The molecule has 0 amide bonds. The largest absolute Gasteiger partial charge is 0.302 e. The first-order chi connectivity index (χ1) is 7.22. The molecule has 15 heavy (non-hydrogen) atoms. The molecule has 2 nitrogen and oxygen atoms in total. The highest BCUT2D eigenvalue weighted by Gasteiger charge is 2.01. The highest BCUT2D eigenvalue weighted by atomic mass is 32.1. The van der Waals surface area contributed by atoms with Gasteiger partial charge < -0.3 is 4.90 Å². The second kappa shape index (κ2) is 6.64. The number of aromatic nitrogens is 1. The van der Waals surface area contributed by atoms with Crippen LogP contribution < -0.4 is 0 Å². The molecule has 0 saturated carbocycles. The Hall–Kier alpha value is -0.800. The predicted octanol–water partition coefficient (Wildman–Crippen LogP) is 2.04. The molecule has 0 radical (unpaired) electrons. The number of pyridine rings is 1. The second-order valence-electron chi connectivity index (χ2n) is 3.72. The Labute approximate surface area is 97.4 Å². The van der Waals surface area contributed by atoms with Crippen LogP contribution >= 0.6 is 12.6 Å². The van der Waals surface area contributed by atoms with Gasteiger partial charge in [0.2, 0.25) is 0 Å². The fourth-order valence-electron chi connectivity index (χ4n) is 1.36. The molecule has 82 valence electrons. The number of rotatable bonds is 6. The zero-order valence-corrected chi connectivity index (χ0v) is 10.1. The lowest BCUT2D eigenvalue weighted by molar-refractivity contribution is 0.366. The van der Waals surface area contributed by atoms with Crippen LogP contribution in [-0.4, -0.2) is 35.8 Å². The van der Waals surface area contributed by atoms with Crippen LogP contribution in [0.4, 0.5) is 0 Å². The minimum absolute atomic E-state index is 0.758. The molecule has 1 aromatic rings. The van der Waals surface area contributed by atoms with Crippen LogP contribution in [0.25, 0.3) is 0 Å². The standard InChI is InChI=1S/C12H18N2S/c1-11(10-15)9-14(2)8-6-12-5-3-4-7-13-12/h3-5,7,15H,1,6,8-10H2,2H3.